The van der Waals surface area contributed by atoms with Gasteiger partial charge in [-0.05, 0) is 54.0 Å². The third kappa shape index (κ3) is 2.82. The Hall–Kier alpha value is -1.99. The zero-order valence-corrected chi connectivity index (χ0v) is 14.4. The van der Waals surface area contributed by atoms with Gasteiger partial charge in [0, 0.05) is 17.1 Å². The summed E-state index contributed by atoms with van der Waals surface area (Å²) in [6, 6.07) is 7.32. The van der Waals surface area contributed by atoms with E-state index in [1.54, 1.807) is 18.3 Å². The number of carbonyl (C=O) groups excluding carboxylic acids is 1. The number of amides is 1. The van der Waals surface area contributed by atoms with Crippen molar-refractivity contribution in [2.24, 2.45) is 0 Å². The van der Waals surface area contributed by atoms with Crippen LogP contribution in [-0.4, -0.2) is 20.7 Å². The minimum atomic E-state index is -0.170. The second kappa shape index (κ2) is 6.02. The molecular formula is C15H13BrN4OS. The number of hydrogen-bond donors (Lipinski definition) is 1. The quantitative estimate of drug-likeness (QED) is 0.752. The van der Waals surface area contributed by atoms with E-state index in [1.165, 1.54) is 11.3 Å². The molecule has 1 N–H and O–H groups in total. The topological polar surface area (TPSA) is 59.8 Å². The van der Waals surface area contributed by atoms with E-state index in [1.807, 2.05) is 36.0 Å². The van der Waals surface area contributed by atoms with Crippen molar-refractivity contribution in [3.8, 4) is 5.69 Å². The maximum absolute atomic E-state index is 12.1. The first kappa shape index (κ1) is 14.9. The van der Waals surface area contributed by atoms with Crippen molar-refractivity contribution in [1.29, 1.82) is 0 Å². The Labute approximate surface area is 140 Å². The molecule has 0 aliphatic heterocycles. The summed E-state index contributed by atoms with van der Waals surface area (Å²) in [7, 11) is 0. The van der Waals surface area contributed by atoms with Crippen molar-refractivity contribution in [2.75, 3.05) is 5.32 Å². The number of nitrogens with one attached hydrogen (secondary N) is 1. The van der Waals surface area contributed by atoms with Crippen molar-refractivity contribution in [3.05, 3.63) is 57.3 Å². The van der Waals surface area contributed by atoms with E-state index < -0.39 is 0 Å². The summed E-state index contributed by atoms with van der Waals surface area (Å²) in [5.41, 5.74) is 3.46. The molecule has 2 heterocycles. The van der Waals surface area contributed by atoms with Gasteiger partial charge in [0.25, 0.3) is 5.91 Å². The SMILES string of the molecule is Cc1nn(-c2ccc(C(=O)Nc3nccs3)cc2)c(C)c1Br. The van der Waals surface area contributed by atoms with Gasteiger partial charge in [0.2, 0.25) is 0 Å². The van der Waals surface area contributed by atoms with Gasteiger partial charge in [0.05, 0.1) is 21.5 Å². The highest BCUT2D eigenvalue weighted by Gasteiger charge is 2.12. The average molecular weight is 377 g/mol. The molecule has 3 rings (SSSR count). The van der Waals surface area contributed by atoms with Gasteiger partial charge in [0.15, 0.2) is 5.13 Å². The fraction of sp³-hybridized carbons (Fsp3) is 0.133. The molecule has 0 aliphatic rings. The van der Waals surface area contributed by atoms with Crippen LogP contribution in [0.15, 0.2) is 40.3 Å². The van der Waals surface area contributed by atoms with E-state index in [9.17, 15) is 4.79 Å². The van der Waals surface area contributed by atoms with Gasteiger partial charge in [-0.1, -0.05) is 0 Å². The molecule has 5 nitrogen and oxygen atoms in total. The molecule has 0 radical (unpaired) electrons. The predicted molar refractivity (Wildman–Crippen MR) is 90.8 cm³/mol. The summed E-state index contributed by atoms with van der Waals surface area (Å²) in [5.74, 6) is -0.170. The molecule has 3 aromatic rings. The Morgan fingerprint density at radius 2 is 2.00 bits per heavy atom. The summed E-state index contributed by atoms with van der Waals surface area (Å²) >= 11 is 4.90. The smallest absolute Gasteiger partial charge is 0.257 e. The van der Waals surface area contributed by atoms with Crippen LogP contribution in [0.3, 0.4) is 0 Å². The summed E-state index contributed by atoms with van der Waals surface area (Å²) in [6.07, 6.45) is 1.66. The molecule has 0 atom stereocenters. The number of carbonyl (C=O) groups is 1. The van der Waals surface area contributed by atoms with Crippen LogP contribution < -0.4 is 5.32 Å². The molecule has 1 amide bonds. The van der Waals surface area contributed by atoms with Gasteiger partial charge in [0.1, 0.15) is 0 Å². The van der Waals surface area contributed by atoms with Gasteiger partial charge >= 0.3 is 0 Å². The van der Waals surface area contributed by atoms with Crippen LogP contribution in [0.25, 0.3) is 5.69 Å². The second-order valence-electron chi connectivity index (χ2n) is 4.73. The first-order valence-electron chi connectivity index (χ1n) is 6.59. The Kier molecular flexibility index (Phi) is 4.08. The standard InChI is InChI=1S/C15H13BrN4OS/c1-9-13(16)10(2)20(19-9)12-5-3-11(4-6-12)14(21)18-15-17-7-8-22-15/h3-8H,1-2H3,(H,17,18,21). The van der Waals surface area contributed by atoms with Crippen molar-refractivity contribution >= 4 is 38.3 Å². The maximum atomic E-state index is 12.1. The number of aromatic nitrogens is 3. The van der Waals surface area contributed by atoms with Crippen molar-refractivity contribution in [2.45, 2.75) is 13.8 Å². The normalized spacial score (nSPS) is 10.7. The number of aryl methyl sites for hydroxylation is 1. The van der Waals surface area contributed by atoms with Crippen molar-refractivity contribution in [3.63, 3.8) is 0 Å². The lowest BCUT2D eigenvalue weighted by atomic mass is 10.2. The predicted octanol–water partition coefficient (Wildman–Crippen LogP) is 3.96. The molecule has 22 heavy (non-hydrogen) atoms. The Morgan fingerprint density at radius 1 is 1.27 bits per heavy atom. The van der Waals surface area contributed by atoms with E-state index in [-0.39, 0.29) is 5.91 Å². The zero-order chi connectivity index (χ0) is 15.7. The molecule has 1 aromatic carbocycles. The van der Waals surface area contributed by atoms with Crippen LogP contribution in [0.5, 0.6) is 0 Å². The van der Waals surface area contributed by atoms with Crippen LogP contribution in [0, 0.1) is 13.8 Å². The molecule has 2 aromatic heterocycles. The van der Waals surface area contributed by atoms with E-state index >= 15 is 0 Å². The van der Waals surface area contributed by atoms with E-state index in [4.69, 9.17) is 0 Å². The molecule has 0 aliphatic carbocycles. The maximum Gasteiger partial charge on any atom is 0.257 e. The fourth-order valence-electron chi connectivity index (χ4n) is 2.08. The number of anilines is 1. The van der Waals surface area contributed by atoms with Gasteiger partial charge in [-0.15, -0.1) is 11.3 Å². The van der Waals surface area contributed by atoms with E-state index in [0.717, 1.165) is 21.5 Å². The largest absolute Gasteiger partial charge is 0.298 e. The van der Waals surface area contributed by atoms with Gasteiger partial charge in [-0.25, -0.2) is 9.67 Å². The summed E-state index contributed by atoms with van der Waals surface area (Å²) in [5, 5.41) is 9.65. The van der Waals surface area contributed by atoms with Crippen LogP contribution in [0.1, 0.15) is 21.7 Å². The van der Waals surface area contributed by atoms with Crippen LogP contribution in [0.4, 0.5) is 5.13 Å². The second-order valence-corrected chi connectivity index (χ2v) is 6.42. The van der Waals surface area contributed by atoms with Gasteiger partial charge < -0.3 is 0 Å². The van der Waals surface area contributed by atoms with Crippen LogP contribution in [-0.2, 0) is 0 Å². The molecular weight excluding hydrogens is 364 g/mol. The minimum absolute atomic E-state index is 0.170. The van der Waals surface area contributed by atoms with Crippen molar-refractivity contribution < 1.29 is 4.79 Å². The van der Waals surface area contributed by atoms with E-state index in [2.05, 4.69) is 31.3 Å². The molecule has 0 saturated carbocycles. The Balaban J connectivity index is 1.83. The fourth-order valence-corrected chi connectivity index (χ4v) is 2.85. The molecule has 0 fully saturated rings. The highest BCUT2D eigenvalue weighted by atomic mass is 79.9. The number of nitrogens with zero attached hydrogens (tertiary/aromatic N) is 3. The van der Waals surface area contributed by atoms with Gasteiger partial charge in [-0.3, -0.25) is 10.1 Å². The Bertz CT molecular complexity index is 809. The summed E-state index contributed by atoms with van der Waals surface area (Å²) in [6.45, 7) is 3.94. The monoisotopic (exact) mass is 376 g/mol. The number of rotatable bonds is 3. The zero-order valence-electron chi connectivity index (χ0n) is 12.0. The molecule has 112 valence electrons. The summed E-state index contributed by atoms with van der Waals surface area (Å²) < 4.78 is 2.85. The lowest BCUT2D eigenvalue weighted by Crippen LogP contribution is -2.11. The average Bonchev–Trinajstić information content (AvgIpc) is 3.12. The molecule has 0 spiro atoms. The van der Waals surface area contributed by atoms with Crippen LogP contribution in [0.2, 0.25) is 0 Å². The van der Waals surface area contributed by atoms with Crippen LogP contribution >= 0.6 is 27.3 Å². The lowest BCUT2D eigenvalue weighted by molar-refractivity contribution is 0.102. The third-order valence-electron chi connectivity index (χ3n) is 3.23. The highest BCUT2D eigenvalue weighted by Crippen LogP contribution is 2.23. The van der Waals surface area contributed by atoms with Gasteiger partial charge in [-0.2, -0.15) is 5.10 Å². The van der Waals surface area contributed by atoms with Crippen molar-refractivity contribution in [1.82, 2.24) is 14.8 Å². The highest BCUT2D eigenvalue weighted by molar-refractivity contribution is 9.10. The first-order valence-corrected chi connectivity index (χ1v) is 8.26. The number of benzene rings is 1. The Morgan fingerprint density at radius 3 is 2.55 bits per heavy atom. The molecule has 0 saturated heterocycles. The third-order valence-corrected chi connectivity index (χ3v) is 5.07. The number of halogens is 1. The number of thiazole rings is 1. The minimum Gasteiger partial charge on any atom is -0.298 e. The van der Waals surface area contributed by atoms with E-state index in [0.29, 0.717) is 10.7 Å². The first-order chi connectivity index (χ1) is 10.6. The lowest BCUT2D eigenvalue weighted by Gasteiger charge is -2.06. The molecule has 7 heteroatoms. The summed E-state index contributed by atoms with van der Waals surface area (Å²) in [4.78, 5) is 16.1. The number of hydrogen-bond acceptors (Lipinski definition) is 4. The molecule has 0 unspecified atom stereocenters. The molecule has 0 bridgehead atoms.